The van der Waals surface area contributed by atoms with Crippen LogP contribution in [0.4, 0.5) is 5.69 Å². The van der Waals surface area contributed by atoms with E-state index < -0.39 is 0 Å². The zero-order chi connectivity index (χ0) is 19.5. The molecule has 0 spiro atoms. The van der Waals surface area contributed by atoms with Crippen molar-refractivity contribution < 1.29 is 14.3 Å². The number of carbonyl (C=O) groups is 1. The molecule has 0 saturated carbocycles. The maximum Gasteiger partial charge on any atom is 0.310 e. The topological polar surface area (TPSA) is 42.0 Å². The summed E-state index contributed by atoms with van der Waals surface area (Å²) in [5.41, 5.74) is 1.25. The van der Waals surface area contributed by atoms with E-state index in [2.05, 4.69) is 54.0 Å². The van der Waals surface area contributed by atoms with Crippen molar-refractivity contribution in [1.29, 1.82) is 0 Å². The Morgan fingerprint density at radius 3 is 2.59 bits per heavy atom. The molecule has 168 valence electrons. The SMILES string of the molecule is CCOC(=O)C1CCCN(CCOCCN(CC(C)C)c2ccccc2)C1.Cl.Cl. The molecule has 1 unspecified atom stereocenters. The summed E-state index contributed by atoms with van der Waals surface area (Å²) in [5.74, 6) is 0.590. The number of likely N-dealkylation sites (tertiary alicyclic amines) is 1. The zero-order valence-electron chi connectivity index (χ0n) is 18.0. The Labute approximate surface area is 188 Å². The molecule has 2 rings (SSSR count). The highest BCUT2D eigenvalue weighted by Crippen LogP contribution is 2.18. The van der Waals surface area contributed by atoms with Crippen LogP contribution in [0.3, 0.4) is 0 Å². The maximum atomic E-state index is 11.9. The van der Waals surface area contributed by atoms with Crippen molar-refractivity contribution in [1.82, 2.24) is 4.90 Å². The van der Waals surface area contributed by atoms with Crippen LogP contribution in [0.25, 0.3) is 0 Å². The summed E-state index contributed by atoms with van der Waals surface area (Å²) < 4.78 is 11.1. The van der Waals surface area contributed by atoms with Gasteiger partial charge in [-0.05, 0) is 44.4 Å². The van der Waals surface area contributed by atoms with Gasteiger partial charge in [-0.25, -0.2) is 0 Å². The van der Waals surface area contributed by atoms with Gasteiger partial charge in [-0.2, -0.15) is 0 Å². The Morgan fingerprint density at radius 2 is 1.93 bits per heavy atom. The Kier molecular flexibility index (Phi) is 15.2. The van der Waals surface area contributed by atoms with Gasteiger partial charge < -0.3 is 19.3 Å². The number of nitrogens with zero attached hydrogens (tertiary/aromatic N) is 2. The lowest BCUT2D eigenvalue weighted by Gasteiger charge is -2.31. The second-order valence-corrected chi connectivity index (χ2v) is 7.68. The highest BCUT2D eigenvalue weighted by Gasteiger charge is 2.26. The monoisotopic (exact) mass is 448 g/mol. The van der Waals surface area contributed by atoms with Gasteiger partial charge in [0.15, 0.2) is 0 Å². The average Bonchev–Trinajstić information content (AvgIpc) is 2.67. The van der Waals surface area contributed by atoms with E-state index in [0.29, 0.717) is 19.1 Å². The lowest BCUT2D eigenvalue weighted by Crippen LogP contribution is -2.41. The molecule has 0 amide bonds. The summed E-state index contributed by atoms with van der Waals surface area (Å²) in [6.45, 7) is 12.9. The van der Waals surface area contributed by atoms with E-state index in [0.717, 1.165) is 52.2 Å². The van der Waals surface area contributed by atoms with Gasteiger partial charge in [-0.15, -0.1) is 24.8 Å². The fourth-order valence-electron chi connectivity index (χ4n) is 3.59. The van der Waals surface area contributed by atoms with Crippen LogP contribution in [-0.4, -0.2) is 63.4 Å². The highest BCUT2D eigenvalue weighted by atomic mass is 35.5. The molecule has 1 atom stereocenters. The van der Waals surface area contributed by atoms with Gasteiger partial charge in [0, 0.05) is 31.9 Å². The quantitative estimate of drug-likeness (QED) is 0.373. The van der Waals surface area contributed by atoms with Crippen molar-refractivity contribution in [3.8, 4) is 0 Å². The molecule has 29 heavy (non-hydrogen) atoms. The van der Waals surface area contributed by atoms with E-state index in [1.165, 1.54) is 5.69 Å². The Morgan fingerprint density at radius 1 is 1.21 bits per heavy atom. The number of rotatable bonds is 11. The summed E-state index contributed by atoms with van der Waals surface area (Å²) in [6.07, 6.45) is 2.00. The fraction of sp³-hybridized carbons (Fsp3) is 0.682. The number of hydrogen-bond donors (Lipinski definition) is 0. The third-order valence-corrected chi connectivity index (χ3v) is 4.89. The summed E-state index contributed by atoms with van der Waals surface area (Å²) in [4.78, 5) is 16.7. The van der Waals surface area contributed by atoms with Gasteiger partial charge in [0.05, 0.1) is 25.7 Å². The number of carbonyl (C=O) groups excluding carboxylic acids is 1. The first kappa shape index (κ1) is 28.0. The largest absolute Gasteiger partial charge is 0.466 e. The van der Waals surface area contributed by atoms with E-state index in [9.17, 15) is 4.79 Å². The normalized spacial score (nSPS) is 16.6. The van der Waals surface area contributed by atoms with Crippen LogP contribution in [0.5, 0.6) is 0 Å². The molecule has 0 N–H and O–H groups in total. The molecule has 0 aromatic heterocycles. The highest BCUT2D eigenvalue weighted by molar-refractivity contribution is 5.85. The minimum Gasteiger partial charge on any atom is -0.466 e. The number of hydrogen-bond acceptors (Lipinski definition) is 5. The predicted molar refractivity (Wildman–Crippen MR) is 125 cm³/mol. The minimum absolute atomic E-state index is 0. The molecule has 1 aromatic carbocycles. The second-order valence-electron chi connectivity index (χ2n) is 7.68. The van der Waals surface area contributed by atoms with Gasteiger partial charge in [0.1, 0.15) is 0 Å². The van der Waals surface area contributed by atoms with Crippen molar-refractivity contribution in [3.05, 3.63) is 30.3 Å². The van der Waals surface area contributed by atoms with Gasteiger partial charge in [-0.3, -0.25) is 4.79 Å². The molecule has 1 heterocycles. The summed E-state index contributed by atoms with van der Waals surface area (Å²) in [6, 6.07) is 10.5. The van der Waals surface area contributed by atoms with Crippen LogP contribution in [0, 0.1) is 11.8 Å². The smallest absolute Gasteiger partial charge is 0.310 e. The van der Waals surface area contributed by atoms with Crippen molar-refractivity contribution >= 4 is 36.5 Å². The van der Waals surface area contributed by atoms with E-state index in [4.69, 9.17) is 9.47 Å². The number of para-hydroxylation sites is 1. The van der Waals surface area contributed by atoms with Gasteiger partial charge in [-0.1, -0.05) is 32.0 Å². The third kappa shape index (κ3) is 10.5. The minimum atomic E-state index is -0.0460. The first-order valence-electron chi connectivity index (χ1n) is 10.4. The number of anilines is 1. The molecule has 1 aromatic rings. The first-order chi connectivity index (χ1) is 13.1. The second kappa shape index (κ2) is 15.8. The number of ether oxygens (including phenoxy) is 2. The lowest BCUT2D eigenvalue weighted by atomic mass is 9.98. The predicted octanol–water partition coefficient (Wildman–Crippen LogP) is 4.28. The molecule has 1 aliphatic rings. The third-order valence-electron chi connectivity index (χ3n) is 4.89. The molecule has 0 bridgehead atoms. The van der Waals surface area contributed by atoms with Crippen LogP contribution < -0.4 is 4.90 Å². The summed E-state index contributed by atoms with van der Waals surface area (Å²) in [5, 5.41) is 0. The van der Waals surface area contributed by atoms with Crippen molar-refractivity contribution in [2.45, 2.75) is 33.6 Å². The van der Waals surface area contributed by atoms with E-state index in [1.807, 2.05) is 6.92 Å². The van der Waals surface area contributed by atoms with E-state index in [-0.39, 0.29) is 36.7 Å². The van der Waals surface area contributed by atoms with Gasteiger partial charge in [0.2, 0.25) is 0 Å². The van der Waals surface area contributed by atoms with E-state index >= 15 is 0 Å². The Balaban J connectivity index is 0.00000392. The van der Waals surface area contributed by atoms with Gasteiger partial charge >= 0.3 is 5.97 Å². The number of piperidine rings is 1. The summed E-state index contributed by atoms with van der Waals surface area (Å²) in [7, 11) is 0. The standard InChI is InChI=1S/C22H36N2O3.2ClH/c1-4-27-22(25)20-9-8-12-23(18-20)13-15-26-16-14-24(17-19(2)3)21-10-6-5-7-11-21;;/h5-7,10-11,19-20H,4,8-9,12-18H2,1-3H3;2*1H. The maximum absolute atomic E-state index is 11.9. The van der Waals surface area contributed by atoms with Gasteiger partial charge in [0.25, 0.3) is 0 Å². The van der Waals surface area contributed by atoms with Crippen LogP contribution in [0.1, 0.15) is 33.6 Å². The molecular weight excluding hydrogens is 411 g/mol. The van der Waals surface area contributed by atoms with Crippen LogP contribution in [0.2, 0.25) is 0 Å². The van der Waals surface area contributed by atoms with Crippen molar-refractivity contribution in [2.75, 3.05) is 57.4 Å². The fourth-order valence-corrected chi connectivity index (χ4v) is 3.59. The van der Waals surface area contributed by atoms with Crippen LogP contribution >= 0.6 is 24.8 Å². The molecular formula is C22H38Cl2N2O3. The lowest BCUT2D eigenvalue weighted by molar-refractivity contribution is -0.150. The molecule has 1 aliphatic heterocycles. The van der Waals surface area contributed by atoms with Crippen molar-refractivity contribution in [2.24, 2.45) is 11.8 Å². The molecule has 0 radical (unpaired) electrons. The number of esters is 1. The van der Waals surface area contributed by atoms with E-state index in [1.54, 1.807) is 0 Å². The zero-order valence-corrected chi connectivity index (χ0v) is 19.7. The number of halogens is 2. The number of benzene rings is 1. The Hall–Kier alpha value is -1.01. The average molecular weight is 449 g/mol. The molecule has 7 heteroatoms. The van der Waals surface area contributed by atoms with Crippen LogP contribution in [-0.2, 0) is 14.3 Å². The molecule has 1 fully saturated rings. The molecule has 5 nitrogen and oxygen atoms in total. The molecule has 1 saturated heterocycles. The van der Waals surface area contributed by atoms with Crippen LogP contribution in [0.15, 0.2) is 30.3 Å². The molecule has 0 aliphatic carbocycles. The summed E-state index contributed by atoms with van der Waals surface area (Å²) >= 11 is 0. The first-order valence-corrected chi connectivity index (χ1v) is 10.4. The Bertz CT molecular complexity index is 546. The van der Waals surface area contributed by atoms with Crippen molar-refractivity contribution in [3.63, 3.8) is 0 Å².